The van der Waals surface area contributed by atoms with Gasteiger partial charge < -0.3 is 19.7 Å². The van der Waals surface area contributed by atoms with Gasteiger partial charge in [-0.1, -0.05) is 22.4 Å². The van der Waals surface area contributed by atoms with Gasteiger partial charge in [-0.3, -0.25) is 9.59 Å². The number of nitrogens with one attached hydrogen (secondary N) is 2. The third-order valence-corrected chi connectivity index (χ3v) is 4.30. The molecule has 0 radical (unpaired) electrons. The van der Waals surface area contributed by atoms with E-state index in [4.69, 9.17) is 0 Å². The van der Waals surface area contributed by atoms with E-state index in [0.717, 1.165) is 6.07 Å². The highest BCUT2D eigenvalue weighted by molar-refractivity contribution is 5.74. The zero-order chi connectivity index (χ0) is 22.2. The molecule has 0 saturated heterocycles. The maximum Gasteiger partial charge on any atom is 0.471 e. The van der Waals surface area contributed by atoms with E-state index in [-0.39, 0.29) is 35.6 Å². The van der Waals surface area contributed by atoms with Crippen molar-refractivity contribution in [3.8, 4) is 11.4 Å². The summed E-state index contributed by atoms with van der Waals surface area (Å²) in [6.07, 6.45) is -2.01. The van der Waals surface area contributed by atoms with E-state index in [1.807, 2.05) is 0 Å². The number of alkyl halides is 3. The molecule has 4 aromatic rings. The van der Waals surface area contributed by atoms with Crippen molar-refractivity contribution in [1.82, 2.24) is 15.3 Å². The molecule has 0 aliphatic carbocycles. The molecule has 31 heavy (non-hydrogen) atoms. The number of anilines is 2. The lowest BCUT2D eigenvalue weighted by Gasteiger charge is -2.14. The summed E-state index contributed by atoms with van der Waals surface area (Å²) >= 11 is 0. The number of benzene rings is 1. The van der Waals surface area contributed by atoms with Crippen LogP contribution in [-0.2, 0) is 19.3 Å². The third kappa shape index (κ3) is 4.01. The first-order valence-corrected chi connectivity index (χ1v) is 8.63. The molecular weight excluding hydrogens is 426 g/mol. The second kappa shape index (κ2) is 7.66. The fourth-order valence-corrected chi connectivity index (χ4v) is 2.70. The fraction of sp³-hybridized carbons (Fsp3) is 0.167. The van der Waals surface area contributed by atoms with Crippen molar-refractivity contribution < 1.29 is 26.6 Å². The summed E-state index contributed by atoms with van der Waals surface area (Å²) in [5.41, 5.74) is -0.695. The first-order valence-electron chi connectivity index (χ1n) is 8.63. The minimum Gasteiger partial charge on any atom is -0.376 e. The van der Waals surface area contributed by atoms with Crippen LogP contribution in [0.15, 0.2) is 49.3 Å². The second-order valence-electron chi connectivity index (χ2n) is 6.38. The molecule has 0 amide bonds. The number of hydrogen-bond acceptors (Lipinski definition) is 9. The lowest BCUT2D eigenvalue weighted by Crippen LogP contribution is -2.37. The minimum atomic E-state index is -4.81. The molecule has 0 fully saturated rings. The lowest BCUT2D eigenvalue weighted by molar-refractivity contribution is -0.159. The summed E-state index contributed by atoms with van der Waals surface area (Å²) in [7, 11) is 0. The Morgan fingerprint density at radius 3 is 2.32 bits per heavy atom. The molecule has 0 aliphatic heterocycles. The average molecular weight is 437 g/mol. The van der Waals surface area contributed by atoms with Crippen LogP contribution in [0.1, 0.15) is 17.0 Å². The molecule has 2 heterocycles. The molecule has 4 rings (SSSR count). The van der Waals surface area contributed by atoms with Crippen LogP contribution in [0.25, 0.3) is 11.4 Å². The fourth-order valence-electron chi connectivity index (χ4n) is 2.70. The Balaban J connectivity index is 1.45. The topological polar surface area (TPSA) is 123 Å². The smallest absolute Gasteiger partial charge is 0.376 e. The summed E-state index contributed by atoms with van der Waals surface area (Å²) < 4.78 is 60.9. The van der Waals surface area contributed by atoms with Crippen molar-refractivity contribution in [2.24, 2.45) is 0 Å². The van der Waals surface area contributed by atoms with Gasteiger partial charge in [-0.2, -0.15) is 18.2 Å². The molecule has 2 aromatic carbocycles. The first kappa shape index (κ1) is 20.3. The Labute approximate surface area is 169 Å². The standard InChI is InChI=1S/C18H11F4N5O4/c19-11-3-9(16-26-17(31-27-16)18(20,21)22)1-2-10(11)6-24-13-12(14(28)15(13)29)23-4-8-5-25-30-7-8/h1-3,5,7,23-24H,4,6H2. The summed E-state index contributed by atoms with van der Waals surface area (Å²) in [4.78, 5) is 26.8. The summed E-state index contributed by atoms with van der Waals surface area (Å²) in [6.45, 7) is 0.0374. The summed E-state index contributed by atoms with van der Waals surface area (Å²) in [5.74, 6) is -2.74. The van der Waals surface area contributed by atoms with E-state index >= 15 is 0 Å². The number of hydrogen-bond donors (Lipinski definition) is 2. The van der Waals surface area contributed by atoms with Gasteiger partial charge in [0.1, 0.15) is 23.5 Å². The van der Waals surface area contributed by atoms with E-state index in [9.17, 15) is 27.2 Å². The monoisotopic (exact) mass is 437 g/mol. The van der Waals surface area contributed by atoms with Crippen LogP contribution in [0.5, 0.6) is 0 Å². The van der Waals surface area contributed by atoms with E-state index in [1.54, 1.807) is 0 Å². The predicted molar refractivity (Wildman–Crippen MR) is 97.2 cm³/mol. The first-order chi connectivity index (χ1) is 14.7. The van der Waals surface area contributed by atoms with E-state index in [1.165, 1.54) is 24.6 Å². The maximum atomic E-state index is 14.4. The molecule has 0 unspecified atom stereocenters. The van der Waals surface area contributed by atoms with Gasteiger partial charge in [-0.25, -0.2) is 4.39 Å². The van der Waals surface area contributed by atoms with E-state index < -0.39 is 34.6 Å². The van der Waals surface area contributed by atoms with Gasteiger partial charge in [0, 0.05) is 29.8 Å². The quantitative estimate of drug-likeness (QED) is 0.332. The Morgan fingerprint density at radius 2 is 1.74 bits per heavy atom. The van der Waals surface area contributed by atoms with Crippen LogP contribution in [0.4, 0.5) is 28.9 Å². The minimum absolute atomic E-state index is 0.00193. The average Bonchev–Trinajstić information content (AvgIpc) is 3.42. The van der Waals surface area contributed by atoms with Gasteiger partial charge in [0.15, 0.2) is 0 Å². The molecule has 2 aromatic heterocycles. The highest BCUT2D eigenvalue weighted by atomic mass is 19.4. The van der Waals surface area contributed by atoms with Crippen LogP contribution in [0.2, 0.25) is 0 Å². The number of rotatable bonds is 7. The van der Waals surface area contributed by atoms with Gasteiger partial charge >= 0.3 is 12.1 Å². The number of halogens is 4. The molecule has 9 nitrogen and oxygen atoms in total. The summed E-state index contributed by atoms with van der Waals surface area (Å²) in [5, 5.41) is 12.2. The Kier molecular flexibility index (Phi) is 5.01. The zero-order valence-electron chi connectivity index (χ0n) is 15.3. The van der Waals surface area contributed by atoms with Crippen molar-refractivity contribution in [2.75, 3.05) is 10.6 Å². The largest absolute Gasteiger partial charge is 0.471 e. The van der Waals surface area contributed by atoms with Crippen molar-refractivity contribution >= 4 is 11.4 Å². The third-order valence-electron chi connectivity index (χ3n) is 4.30. The van der Waals surface area contributed by atoms with Gasteiger partial charge in [0.25, 0.3) is 10.9 Å². The van der Waals surface area contributed by atoms with Crippen LogP contribution >= 0.6 is 0 Å². The maximum absolute atomic E-state index is 14.4. The zero-order valence-corrected chi connectivity index (χ0v) is 15.3. The molecule has 0 bridgehead atoms. The normalized spacial score (nSPS) is 11.7. The van der Waals surface area contributed by atoms with Crippen molar-refractivity contribution in [3.63, 3.8) is 0 Å². The predicted octanol–water partition coefficient (Wildman–Crippen LogP) is 2.70. The van der Waals surface area contributed by atoms with Gasteiger partial charge in [-0.15, -0.1) is 0 Å². The Hall–Kier alpha value is -4.03. The van der Waals surface area contributed by atoms with Crippen LogP contribution in [0, 0.1) is 5.82 Å². The van der Waals surface area contributed by atoms with Gasteiger partial charge in [0.05, 0.1) is 6.20 Å². The van der Waals surface area contributed by atoms with Crippen LogP contribution in [0.3, 0.4) is 0 Å². The Morgan fingerprint density at radius 1 is 1.03 bits per heavy atom. The SMILES string of the molecule is O=c1c(NCc2cnoc2)c(NCc2ccc(-c3noc(C(F)(F)F)n3)cc2F)c1=O. The van der Waals surface area contributed by atoms with Crippen molar-refractivity contribution in [3.05, 3.63) is 73.9 Å². The molecule has 2 N–H and O–H groups in total. The summed E-state index contributed by atoms with van der Waals surface area (Å²) in [6, 6.07) is 3.53. The van der Waals surface area contributed by atoms with Crippen molar-refractivity contribution in [1.29, 1.82) is 0 Å². The molecule has 0 saturated carbocycles. The highest BCUT2D eigenvalue weighted by Gasteiger charge is 2.38. The number of aromatic nitrogens is 3. The van der Waals surface area contributed by atoms with Crippen molar-refractivity contribution in [2.45, 2.75) is 19.3 Å². The molecule has 0 atom stereocenters. The molecular formula is C18H11F4N5O4. The van der Waals surface area contributed by atoms with E-state index in [2.05, 4.69) is 35.0 Å². The van der Waals surface area contributed by atoms with Crippen LogP contribution in [-0.4, -0.2) is 15.3 Å². The highest BCUT2D eigenvalue weighted by Crippen LogP contribution is 2.30. The van der Waals surface area contributed by atoms with Gasteiger partial charge in [-0.05, 0) is 6.07 Å². The molecule has 0 spiro atoms. The molecule has 13 heteroatoms. The number of nitrogens with zero attached hydrogens (tertiary/aromatic N) is 3. The van der Waals surface area contributed by atoms with E-state index in [0.29, 0.717) is 5.56 Å². The molecule has 160 valence electrons. The second-order valence-corrected chi connectivity index (χ2v) is 6.38. The Bertz CT molecular complexity index is 1290. The van der Waals surface area contributed by atoms with Gasteiger partial charge in [0.2, 0.25) is 5.82 Å². The molecule has 0 aliphatic rings. The van der Waals surface area contributed by atoms with Crippen LogP contribution < -0.4 is 21.5 Å². The lowest BCUT2D eigenvalue weighted by atomic mass is 10.1.